The van der Waals surface area contributed by atoms with Crippen molar-refractivity contribution in [2.24, 2.45) is 0 Å². The number of rotatable bonds is 5. The first-order valence-electron chi connectivity index (χ1n) is 7.11. The minimum absolute atomic E-state index is 0.0483. The van der Waals surface area contributed by atoms with E-state index in [1.807, 2.05) is 6.07 Å². The molecule has 0 saturated heterocycles. The Hall–Kier alpha value is -2.89. The van der Waals surface area contributed by atoms with Gasteiger partial charge in [-0.15, -0.1) is 0 Å². The van der Waals surface area contributed by atoms with Crippen LogP contribution in [0.15, 0.2) is 71.3 Å². The summed E-state index contributed by atoms with van der Waals surface area (Å²) >= 11 is 0. The number of para-hydroxylation sites is 1. The summed E-state index contributed by atoms with van der Waals surface area (Å²) < 4.78 is 53.0. The number of alkyl halides is 3. The molecule has 0 N–H and O–H groups in total. The quantitative estimate of drug-likeness (QED) is 0.601. The molecule has 0 fully saturated rings. The van der Waals surface area contributed by atoms with Gasteiger partial charge >= 0.3 is 6.18 Å². The molecule has 1 aromatic heterocycles. The Bertz CT molecular complexity index is 781. The van der Waals surface area contributed by atoms with Gasteiger partial charge in [-0.3, -0.25) is 0 Å². The Morgan fingerprint density at radius 3 is 2.25 bits per heavy atom. The lowest BCUT2D eigenvalue weighted by Gasteiger charge is -2.13. The van der Waals surface area contributed by atoms with E-state index in [9.17, 15) is 13.2 Å². The van der Waals surface area contributed by atoms with Gasteiger partial charge in [0, 0.05) is 11.6 Å². The van der Waals surface area contributed by atoms with Crippen molar-refractivity contribution in [2.45, 2.75) is 6.18 Å². The molecule has 0 aliphatic rings. The molecule has 0 unspecified atom stereocenters. The average Bonchev–Trinajstić information content (AvgIpc) is 3.08. The number of hydrogen-bond donors (Lipinski definition) is 0. The number of halogens is 3. The van der Waals surface area contributed by atoms with Gasteiger partial charge in [0.05, 0.1) is 6.26 Å². The third-order valence-corrected chi connectivity index (χ3v) is 3.07. The normalized spacial score (nSPS) is 11.3. The maximum Gasteiger partial charge on any atom is 0.422 e. The van der Waals surface area contributed by atoms with E-state index in [1.165, 1.54) is 18.4 Å². The predicted octanol–water partition coefficient (Wildman–Crippen LogP) is 5.68. The van der Waals surface area contributed by atoms with Crippen molar-refractivity contribution < 1.29 is 27.1 Å². The lowest BCUT2D eigenvalue weighted by molar-refractivity contribution is -0.153. The van der Waals surface area contributed by atoms with Crippen molar-refractivity contribution in [2.75, 3.05) is 6.61 Å². The van der Waals surface area contributed by atoms with Crippen molar-refractivity contribution in [3.8, 4) is 28.6 Å². The van der Waals surface area contributed by atoms with Crippen LogP contribution < -0.4 is 9.47 Å². The highest BCUT2D eigenvalue weighted by Crippen LogP contribution is 2.33. The molecular weight excluding hydrogens is 321 g/mol. The van der Waals surface area contributed by atoms with Gasteiger partial charge in [0.1, 0.15) is 23.0 Å². The second-order valence-corrected chi connectivity index (χ2v) is 4.99. The fraction of sp³-hybridized carbons (Fsp3) is 0.111. The molecule has 0 spiro atoms. The number of ether oxygens (including phenoxy) is 2. The zero-order valence-electron chi connectivity index (χ0n) is 12.4. The lowest BCUT2D eigenvalue weighted by atomic mass is 10.1. The van der Waals surface area contributed by atoms with Crippen LogP contribution in [0.5, 0.6) is 17.2 Å². The van der Waals surface area contributed by atoms with Crippen molar-refractivity contribution in [3.05, 3.63) is 66.9 Å². The van der Waals surface area contributed by atoms with Crippen molar-refractivity contribution in [1.29, 1.82) is 0 Å². The number of furan rings is 1. The highest BCUT2D eigenvalue weighted by Gasteiger charge is 2.28. The molecular formula is C18H13F3O3. The third-order valence-electron chi connectivity index (χ3n) is 3.07. The fourth-order valence-electron chi connectivity index (χ4n) is 2.09. The fourth-order valence-corrected chi connectivity index (χ4v) is 2.09. The molecule has 0 radical (unpaired) electrons. The molecule has 3 aromatic rings. The van der Waals surface area contributed by atoms with E-state index in [1.54, 1.807) is 42.5 Å². The van der Waals surface area contributed by atoms with Crippen LogP contribution in [-0.4, -0.2) is 12.8 Å². The van der Waals surface area contributed by atoms with Gasteiger partial charge in [0.15, 0.2) is 6.61 Å². The Morgan fingerprint density at radius 1 is 0.833 bits per heavy atom. The van der Waals surface area contributed by atoms with Crippen molar-refractivity contribution in [1.82, 2.24) is 0 Å². The summed E-state index contributed by atoms with van der Waals surface area (Å²) in [6, 6.07) is 16.9. The number of benzene rings is 2. The van der Waals surface area contributed by atoms with Gasteiger partial charge in [-0.25, -0.2) is 0 Å². The van der Waals surface area contributed by atoms with E-state index in [-0.39, 0.29) is 5.75 Å². The molecule has 0 amide bonds. The second-order valence-electron chi connectivity index (χ2n) is 4.99. The molecule has 0 bridgehead atoms. The highest BCUT2D eigenvalue weighted by molar-refractivity contribution is 5.62. The Labute approximate surface area is 136 Å². The summed E-state index contributed by atoms with van der Waals surface area (Å²) in [5.41, 5.74) is 0.561. The van der Waals surface area contributed by atoms with Crippen LogP contribution in [0.2, 0.25) is 0 Å². The summed E-state index contributed by atoms with van der Waals surface area (Å²) in [6.07, 6.45) is -2.93. The molecule has 124 valence electrons. The van der Waals surface area contributed by atoms with Crippen LogP contribution in [0.1, 0.15) is 0 Å². The van der Waals surface area contributed by atoms with Crippen LogP contribution in [0.3, 0.4) is 0 Å². The van der Waals surface area contributed by atoms with Crippen LogP contribution >= 0.6 is 0 Å². The second kappa shape index (κ2) is 6.70. The van der Waals surface area contributed by atoms with Crippen LogP contribution in [0.4, 0.5) is 13.2 Å². The van der Waals surface area contributed by atoms with Gasteiger partial charge in [-0.05, 0) is 36.4 Å². The zero-order valence-corrected chi connectivity index (χ0v) is 12.4. The van der Waals surface area contributed by atoms with E-state index >= 15 is 0 Å². The van der Waals surface area contributed by atoms with Gasteiger partial charge in [0.25, 0.3) is 0 Å². The van der Waals surface area contributed by atoms with Crippen molar-refractivity contribution in [3.63, 3.8) is 0 Å². The topological polar surface area (TPSA) is 31.6 Å². The van der Waals surface area contributed by atoms with E-state index in [0.29, 0.717) is 22.8 Å². The SMILES string of the molecule is FC(F)(F)COc1cc(Oc2ccccc2)cc(-c2ccco2)c1. The summed E-state index contributed by atoms with van der Waals surface area (Å²) in [6.45, 7) is -1.38. The lowest BCUT2D eigenvalue weighted by Crippen LogP contribution is -2.19. The first-order chi connectivity index (χ1) is 11.5. The standard InChI is InChI=1S/C18H13F3O3/c19-18(20,21)12-23-15-9-13(17-7-4-8-22-17)10-16(11-15)24-14-5-2-1-3-6-14/h1-11H,12H2. The maximum absolute atomic E-state index is 12.4. The molecule has 2 aromatic carbocycles. The molecule has 24 heavy (non-hydrogen) atoms. The molecule has 0 saturated carbocycles. The zero-order chi connectivity index (χ0) is 17.0. The summed E-state index contributed by atoms with van der Waals surface area (Å²) in [7, 11) is 0. The molecule has 6 heteroatoms. The molecule has 3 nitrogen and oxygen atoms in total. The van der Waals surface area contributed by atoms with E-state index in [4.69, 9.17) is 13.9 Å². The van der Waals surface area contributed by atoms with Crippen LogP contribution in [-0.2, 0) is 0 Å². The van der Waals surface area contributed by atoms with Crippen molar-refractivity contribution >= 4 is 0 Å². The highest BCUT2D eigenvalue weighted by atomic mass is 19.4. The minimum atomic E-state index is -4.42. The van der Waals surface area contributed by atoms with E-state index in [0.717, 1.165) is 0 Å². The maximum atomic E-state index is 12.4. The van der Waals surface area contributed by atoms with E-state index < -0.39 is 12.8 Å². The number of hydrogen-bond acceptors (Lipinski definition) is 3. The Balaban J connectivity index is 1.90. The van der Waals surface area contributed by atoms with E-state index in [2.05, 4.69) is 0 Å². The smallest absolute Gasteiger partial charge is 0.422 e. The summed E-state index contributed by atoms with van der Waals surface area (Å²) in [4.78, 5) is 0. The van der Waals surface area contributed by atoms with Crippen LogP contribution in [0, 0.1) is 0 Å². The largest absolute Gasteiger partial charge is 0.484 e. The molecule has 0 aliphatic carbocycles. The third kappa shape index (κ3) is 4.32. The van der Waals surface area contributed by atoms with Gasteiger partial charge in [-0.1, -0.05) is 18.2 Å². The molecule has 1 heterocycles. The Morgan fingerprint density at radius 2 is 1.58 bits per heavy atom. The van der Waals surface area contributed by atoms with Gasteiger partial charge < -0.3 is 13.9 Å². The summed E-state index contributed by atoms with van der Waals surface area (Å²) in [5, 5.41) is 0. The van der Waals surface area contributed by atoms with Gasteiger partial charge in [-0.2, -0.15) is 13.2 Å². The Kier molecular flexibility index (Phi) is 4.46. The first-order valence-corrected chi connectivity index (χ1v) is 7.11. The van der Waals surface area contributed by atoms with Gasteiger partial charge in [0.2, 0.25) is 0 Å². The molecule has 0 atom stereocenters. The average molecular weight is 334 g/mol. The molecule has 0 aliphatic heterocycles. The predicted molar refractivity (Wildman–Crippen MR) is 82.2 cm³/mol. The monoisotopic (exact) mass is 334 g/mol. The van der Waals surface area contributed by atoms with Crippen LogP contribution in [0.25, 0.3) is 11.3 Å². The first kappa shape index (κ1) is 16.0. The summed E-state index contributed by atoms with van der Waals surface area (Å²) in [5.74, 6) is 1.47. The minimum Gasteiger partial charge on any atom is -0.484 e. The molecule has 3 rings (SSSR count).